The summed E-state index contributed by atoms with van der Waals surface area (Å²) in [6.07, 6.45) is 2.85. The van der Waals surface area contributed by atoms with Gasteiger partial charge in [-0.25, -0.2) is 8.78 Å². The molecule has 1 atom stereocenters. The van der Waals surface area contributed by atoms with Crippen molar-refractivity contribution in [2.75, 3.05) is 13.7 Å². The Bertz CT molecular complexity index is 891. The van der Waals surface area contributed by atoms with E-state index >= 15 is 0 Å². The van der Waals surface area contributed by atoms with E-state index in [1.807, 2.05) is 6.07 Å². The number of benzene rings is 2. The van der Waals surface area contributed by atoms with Gasteiger partial charge in [0.25, 0.3) is 0 Å². The van der Waals surface area contributed by atoms with Crippen LogP contribution in [0.4, 0.5) is 8.78 Å². The number of amides is 1. The number of carbonyl (C=O) groups is 1. The highest BCUT2D eigenvalue weighted by Crippen LogP contribution is 2.28. The van der Waals surface area contributed by atoms with Crippen LogP contribution in [0.25, 0.3) is 6.08 Å². The largest absolute Gasteiger partial charge is 0.493 e. The van der Waals surface area contributed by atoms with Crippen molar-refractivity contribution in [2.45, 2.75) is 13.0 Å². The van der Waals surface area contributed by atoms with Crippen molar-refractivity contribution in [1.29, 1.82) is 5.26 Å². The number of methoxy groups -OCH3 is 1. The maximum Gasteiger partial charge on any atom is 0.244 e. The molecule has 0 aliphatic rings. The lowest BCUT2D eigenvalue weighted by Crippen LogP contribution is -2.25. The minimum atomic E-state index is -0.718. The van der Waals surface area contributed by atoms with Crippen molar-refractivity contribution in [3.8, 4) is 17.6 Å². The van der Waals surface area contributed by atoms with Gasteiger partial charge in [0.15, 0.2) is 18.1 Å². The summed E-state index contributed by atoms with van der Waals surface area (Å²) in [5.41, 5.74) is 0.866. The monoisotopic (exact) mass is 372 g/mol. The van der Waals surface area contributed by atoms with E-state index < -0.39 is 23.6 Å². The predicted octanol–water partition coefficient (Wildman–Crippen LogP) is 3.77. The van der Waals surface area contributed by atoms with Crippen LogP contribution in [0.2, 0.25) is 0 Å². The van der Waals surface area contributed by atoms with Crippen molar-refractivity contribution in [3.63, 3.8) is 0 Å². The molecule has 1 amide bonds. The number of carbonyl (C=O) groups excluding carboxylic acids is 1. The highest BCUT2D eigenvalue weighted by Gasteiger charge is 2.13. The van der Waals surface area contributed by atoms with Crippen molar-refractivity contribution < 1.29 is 23.0 Å². The number of halogens is 2. The summed E-state index contributed by atoms with van der Waals surface area (Å²) in [6.45, 7) is 1.50. The van der Waals surface area contributed by atoms with E-state index in [-0.39, 0.29) is 12.2 Å². The maximum absolute atomic E-state index is 13.8. The summed E-state index contributed by atoms with van der Waals surface area (Å²) in [5, 5.41) is 11.2. The highest BCUT2D eigenvalue weighted by atomic mass is 19.1. The van der Waals surface area contributed by atoms with Gasteiger partial charge in [0, 0.05) is 17.7 Å². The molecule has 0 aromatic heterocycles. The molecule has 0 radical (unpaired) electrons. The Balaban J connectivity index is 2.04. The molecule has 0 aliphatic heterocycles. The summed E-state index contributed by atoms with van der Waals surface area (Å²) in [5.74, 6) is -0.985. The normalized spacial score (nSPS) is 11.7. The minimum Gasteiger partial charge on any atom is -0.493 e. The summed E-state index contributed by atoms with van der Waals surface area (Å²) >= 11 is 0. The fourth-order valence-corrected chi connectivity index (χ4v) is 2.38. The molecule has 2 aromatic rings. The Morgan fingerprint density at radius 3 is 2.70 bits per heavy atom. The molecule has 2 rings (SSSR count). The zero-order chi connectivity index (χ0) is 19.8. The van der Waals surface area contributed by atoms with Crippen LogP contribution in [0, 0.1) is 23.0 Å². The average Bonchev–Trinajstić information content (AvgIpc) is 2.64. The SMILES string of the molecule is COc1cc(/C=C/C(=O)N[C@@H](C)c2ccc(F)cc2F)ccc1OCC#N. The van der Waals surface area contributed by atoms with E-state index in [0.29, 0.717) is 17.1 Å². The van der Waals surface area contributed by atoms with Gasteiger partial charge in [0.1, 0.15) is 17.7 Å². The van der Waals surface area contributed by atoms with Crippen LogP contribution in [0.1, 0.15) is 24.1 Å². The topological polar surface area (TPSA) is 71.3 Å². The molecule has 2 aromatic carbocycles. The summed E-state index contributed by atoms with van der Waals surface area (Å²) < 4.78 is 37.1. The van der Waals surface area contributed by atoms with Crippen LogP contribution in [0.5, 0.6) is 11.5 Å². The number of hydrogen-bond acceptors (Lipinski definition) is 4. The Labute approximate surface area is 155 Å². The molecule has 0 fully saturated rings. The minimum absolute atomic E-state index is 0.105. The molecule has 0 saturated heterocycles. The van der Waals surface area contributed by atoms with Crippen LogP contribution in [-0.2, 0) is 4.79 Å². The van der Waals surface area contributed by atoms with Gasteiger partial charge in [-0.3, -0.25) is 4.79 Å². The molecular weight excluding hydrogens is 354 g/mol. The molecule has 0 bridgehead atoms. The standard InChI is InChI=1S/C20H18F2N2O3/c1-13(16-6-5-15(21)12-17(16)22)24-20(25)8-4-14-3-7-18(27-10-9-23)19(11-14)26-2/h3-8,11-13H,10H2,1-2H3,(H,24,25)/b8-4+/t13-/m0/s1. The molecule has 0 heterocycles. The predicted molar refractivity (Wildman–Crippen MR) is 96.1 cm³/mol. The number of nitriles is 1. The van der Waals surface area contributed by atoms with E-state index in [4.69, 9.17) is 14.7 Å². The van der Waals surface area contributed by atoms with E-state index in [1.54, 1.807) is 31.2 Å². The molecule has 0 aliphatic carbocycles. The summed E-state index contributed by atoms with van der Waals surface area (Å²) in [7, 11) is 1.47. The molecule has 1 N–H and O–H groups in total. The molecule has 0 unspecified atom stereocenters. The third kappa shape index (κ3) is 5.54. The van der Waals surface area contributed by atoms with Gasteiger partial charge >= 0.3 is 0 Å². The summed E-state index contributed by atoms with van der Waals surface area (Å²) in [4.78, 5) is 12.1. The number of ether oxygens (including phenoxy) is 2. The van der Waals surface area contributed by atoms with Gasteiger partial charge in [-0.15, -0.1) is 0 Å². The zero-order valence-corrected chi connectivity index (χ0v) is 14.8. The second-order valence-corrected chi connectivity index (χ2v) is 5.59. The van der Waals surface area contributed by atoms with Gasteiger partial charge in [-0.05, 0) is 36.8 Å². The number of hydrogen-bond donors (Lipinski definition) is 1. The first-order valence-corrected chi connectivity index (χ1v) is 8.06. The Morgan fingerprint density at radius 2 is 2.04 bits per heavy atom. The van der Waals surface area contributed by atoms with Crippen LogP contribution < -0.4 is 14.8 Å². The fraction of sp³-hybridized carbons (Fsp3) is 0.200. The molecule has 27 heavy (non-hydrogen) atoms. The van der Waals surface area contributed by atoms with Crippen molar-refractivity contribution in [1.82, 2.24) is 5.32 Å². The van der Waals surface area contributed by atoms with E-state index in [0.717, 1.165) is 12.1 Å². The first-order valence-electron chi connectivity index (χ1n) is 8.06. The molecule has 0 saturated carbocycles. The molecule has 7 heteroatoms. The number of nitrogens with zero attached hydrogens (tertiary/aromatic N) is 1. The van der Waals surface area contributed by atoms with Crippen molar-refractivity contribution in [2.24, 2.45) is 0 Å². The molecule has 0 spiro atoms. The Hall–Kier alpha value is -3.40. The zero-order valence-electron chi connectivity index (χ0n) is 14.8. The van der Waals surface area contributed by atoms with E-state index in [9.17, 15) is 13.6 Å². The van der Waals surface area contributed by atoms with Crippen molar-refractivity contribution >= 4 is 12.0 Å². The summed E-state index contributed by atoms with van der Waals surface area (Å²) in [6, 6.07) is 9.43. The third-order valence-electron chi connectivity index (χ3n) is 3.69. The van der Waals surface area contributed by atoms with Crippen molar-refractivity contribution in [3.05, 3.63) is 65.2 Å². The van der Waals surface area contributed by atoms with Crippen LogP contribution in [0.15, 0.2) is 42.5 Å². The number of nitrogens with one attached hydrogen (secondary N) is 1. The Morgan fingerprint density at radius 1 is 1.26 bits per heavy atom. The van der Waals surface area contributed by atoms with Gasteiger partial charge in [-0.2, -0.15) is 5.26 Å². The second kappa shape index (κ2) is 9.34. The smallest absolute Gasteiger partial charge is 0.244 e. The third-order valence-corrected chi connectivity index (χ3v) is 3.69. The van der Waals surface area contributed by atoms with Gasteiger partial charge in [0.2, 0.25) is 5.91 Å². The lowest BCUT2D eigenvalue weighted by atomic mass is 10.1. The lowest BCUT2D eigenvalue weighted by Gasteiger charge is -2.14. The second-order valence-electron chi connectivity index (χ2n) is 5.59. The van der Waals surface area contributed by atoms with Gasteiger partial charge in [0.05, 0.1) is 13.2 Å². The first kappa shape index (κ1) is 19.9. The quantitative estimate of drug-likeness (QED) is 0.751. The molecule has 140 valence electrons. The Kier molecular flexibility index (Phi) is 6.89. The van der Waals surface area contributed by atoms with Gasteiger partial charge in [-0.1, -0.05) is 12.1 Å². The van der Waals surface area contributed by atoms with E-state index in [1.165, 1.54) is 19.3 Å². The maximum atomic E-state index is 13.8. The molecule has 5 nitrogen and oxygen atoms in total. The van der Waals surface area contributed by atoms with Crippen LogP contribution in [-0.4, -0.2) is 19.6 Å². The lowest BCUT2D eigenvalue weighted by molar-refractivity contribution is -0.117. The molecular formula is C20H18F2N2O3. The van der Waals surface area contributed by atoms with Crippen LogP contribution >= 0.6 is 0 Å². The number of rotatable bonds is 7. The van der Waals surface area contributed by atoms with Crippen LogP contribution in [0.3, 0.4) is 0 Å². The first-order chi connectivity index (χ1) is 12.9. The average molecular weight is 372 g/mol. The van der Waals surface area contributed by atoms with E-state index in [2.05, 4.69) is 5.32 Å². The van der Waals surface area contributed by atoms with Gasteiger partial charge < -0.3 is 14.8 Å². The highest BCUT2D eigenvalue weighted by molar-refractivity contribution is 5.92. The fourth-order valence-electron chi connectivity index (χ4n) is 2.38.